The number of carbonyl (C=O) groups is 2. The number of nitrogens with one attached hydrogen (secondary N) is 1. The van der Waals surface area contributed by atoms with Gasteiger partial charge in [-0.2, -0.15) is 0 Å². The normalized spacial score (nSPS) is 13.7. The van der Waals surface area contributed by atoms with Crippen LogP contribution in [0.4, 0.5) is 11.4 Å². The molecule has 33 heavy (non-hydrogen) atoms. The highest BCUT2D eigenvalue weighted by Crippen LogP contribution is 2.20. The molecule has 168 valence electrons. The molecular formula is C27H27N3O3. The molecule has 3 aromatic rings. The highest BCUT2D eigenvalue weighted by Gasteiger charge is 2.19. The Morgan fingerprint density at radius 3 is 2.12 bits per heavy atom. The first-order valence-electron chi connectivity index (χ1n) is 11.0. The number of amides is 2. The summed E-state index contributed by atoms with van der Waals surface area (Å²) in [7, 11) is 0. The molecular weight excluding hydrogens is 414 g/mol. The molecule has 3 aromatic carbocycles. The lowest BCUT2D eigenvalue weighted by molar-refractivity contribution is -0.126. The van der Waals surface area contributed by atoms with E-state index >= 15 is 0 Å². The maximum absolute atomic E-state index is 12.5. The van der Waals surface area contributed by atoms with Crippen LogP contribution >= 0.6 is 0 Å². The molecule has 0 aliphatic carbocycles. The fourth-order valence-corrected chi connectivity index (χ4v) is 3.64. The van der Waals surface area contributed by atoms with Crippen LogP contribution in [0.2, 0.25) is 0 Å². The van der Waals surface area contributed by atoms with Crippen molar-refractivity contribution in [1.29, 1.82) is 0 Å². The molecule has 0 unspecified atom stereocenters. The van der Waals surface area contributed by atoms with Crippen LogP contribution in [0.15, 0.2) is 91.0 Å². The van der Waals surface area contributed by atoms with Gasteiger partial charge in [0, 0.05) is 43.6 Å². The number of anilines is 2. The second-order valence-electron chi connectivity index (χ2n) is 7.75. The average Bonchev–Trinajstić information content (AvgIpc) is 2.88. The van der Waals surface area contributed by atoms with Gasteiger partial charge in [0.1, 0.15) is 5.75 Å². The van der Waals surface area contributed by atoms with E-state index in [1.807, 2.05) is 95.9 Å². The van der Waals surface area contributed by atoms with Crippen LogP contribution in [0.3, 0.4) is 0 Å². The zero-order chi connectivity index (χ0) is 22.9. The van der Waals surface area contributed by atoms with Crippen molar-refractivity contribution >= 4 is 29.3 Å². The molecule has 0 atom stereocenters. The predicted molar refractivity (Wildman–Crippen MR) is 131 cm³/mol. The second kappa shape index (κ2) is 11.0. The lowest BCUT2D eigenvalue weighted by atomic mass is 10.2. The van der Waals surface area contributed by atoms with Crippen molar-refractivity contribution in [3.8, 4) is 5.75 Å². The Hall–Kier alpha value is -4.06. The second-order valence-corrected chi connectivity index (χ2v) is 7.75. The van der Waals surface area contributed by atoms with Crippen LogP contribution in [-0.4, -0.2) is 49.5 Å². The van der Waals surface area contributed by atoms with Crippen molar-refractivity contribution in [2.24, 2.45) is 0 Å². The molecule has 1 aliphatic heterocycles. The van der Waals surface area contributed by atoms with Gasteiger partial charge in [-0.1, -0.05) is 48.5 Å². The first-order chi connectivity index (χ1) is 16.2. The molecule has 6 heteroatoms. The number of ether oxygens (including phenoxy) is 1. The van der Waals surface area contributed by atoms with E-state index in [1.165, 1.54) is 0 Å². The maximum atomic E-state index is 12.5. The highest BCUT2D eigenvalue weighted by molar-refractivity contribution is 5.92. The van der Waals surface area contributed by atoms with Crippen molar-refractivity contribution in [1.82, 2.24) is 4.90 Å². The fourth-order valence-electron chi connectivity index (χ4n) is 3.64. The standard InChI is InChI=1S/C27H27N3O3/c31-26(21-33-25-9-5-2-6-10-25)28-23-12-14-24(15-13-23)29-17-19-30(20-18-29)27(32)16-11-22-7-3-1-4-8-22/h1-16H,17-21H2,(H,28,31). The number of para-hydroxylation sites is 1. The molecule has 0 radical (unpaired) electrons. The van der Waals surface area contributed by atoms with E-state index in [0.717, 1.165) is 30.0 Å². The van der Waals surface area contributed by atoms with Crippen molar-refractivity contribution in [3.63, 3.8) is 0 Å². The number of hydrogen-bond acceptors (Lipinski definition) is 4. The fraction of sp³-hybridized carbons (Fsp3) is 0.185. The molecule has 6 nitrogen and oxygen atoms in total. The molecule has 0 saturated carbocycles. The Bertz CT molecular complexity index is 1070. The number of carbonyl (C=O) groups excluding carboxylic acids is 2. The lowest BCUT2D eigenvalue weighted by Gasteiger charge is -2.35. The smallest absolute Gasteiger partial charge is 0.262 e. The summed E-state index contributed by atoms with van der Waals surface area (Å²) in [6.45, 7) is 2.84. The number of piperazine rings is 1. The third-order valence-corrected chi connectivity index (χ3v) is 5.44. The summed E-state index contributed by atoms with van der Waals surface area (Å²) in [6.07, 6.45) is 3.50. The summed E-state index contributed by atoms with van der Waals surface area (Å²) in [5, 5.41) is 2.85. The Kier molecular flexibility index (Phi) is 7.38. The van der Waals surface area contributed by atoms with Gasteiger partial charge in [-0.3, -0.25) is 9.59 Å². The first kappa shape index (κ1) is 22.1. The van der Waals surface area contributed by atoms with Gasteiger partial charge in [0.15, 0.2) is 6.61 Å². The number of hydrogen-bond donors (Lipinski definition) is 1. The van der Waals surface area contributed by atoms with Gasteiger partial charge in [-0.15, -0.1) is 0 Å². The van der Waals surface area contributed by atoms with Crippen molar-refractivity contribution in [3.05, 3.63) is 96.6 Å². The van der Waals surface area contributed by atoms with E-state index in [1.54, 1.807) is 6.08 Å². The van der Waals surface area contributed by atoms with Gasteiger partial charge in [-0.05, 0) is 48.0 Å². The molecule has 1 heterocycles. The third kappa shape index (κ3) is 6.46. The lowest BCUT2D eigenvalue weighted by Crippen LogP contribution is -2.48. The Morgan fingerprint density at radius 1 is 0.818 bits per heavy atom. The van der Waals surface area contributed by atoms with Crippen molar-refractivity contribution in [2.75, 3.05) is 43.0 Å². The molecule has 4 rings (SSSR count). The van der Waals surface area contributed by atoms with Crippen LogP contribution in [0.25, 0.3) is 6.08 Å². The minimum absolute atomic E-state index is 0.0364. The summed E-state index contributed by atoms with van der Waals surface area (Å²) in [6, 6.07) is 26.8. The summed E-state index contributed by atoms with van der Waals surface area (Å²) in [5.74, 6) is 0.493. The zero-order valence-electron chi connectivity index (χ0n) is 18.4. The largest absolute Gasteiger partial charge is 0.484 e. The van der Waals surface area contributed by atoms with Crippen LogP contribution in [0, 0.1) is 0 Å². The molecule has 1 fully saturated rings. The summed E-state index contributed by atoms with van der Waals surface area (Å²) >= 11 is 0. The van der Waals surface area contributed by atoms with E-state index in [2.05, 4.69) is 10.2 Å². The monoisotopic (exact) mass is 441 g/mol. The number of nitrogens with zero attached hydrogens (tertiary/aromatic N) is 2. The minimum Gasteiger partial charge on any atom is -0.484 e. The predicted octanol–water partition coefficient (Wildman–Crippen LogP) is 4.07. The summed E-state index contributed by atoms with van der Waals surface area (Å²) in [4.78, 5) is 28.7. The quantitative estimate of drug-likeness (QED) is 0.562. The maximum Gasteiger partial charge on any atom is 0.262 e. The highest BCUT2D eigenvalue weighted by atomic mass is 16.5. The molecule has 2 amide bonds. The van der Waals surface area contributed by atoms with E-state index < -0.39 is 0 Å². The summed E-state index contributed by atoms with van der Waals surface area (Å²) < 4.78 is 5.47. The minimum atomic E-state index is -0.206. The van der Waals surface area contributed by atoms with Crippen molar-refractivity contribution in [2.45, 2.75) is 0 Å². The average molecular weight is 442 g/mol. The van der Waals surface area contributed by atoms with Gasteiger partial charge >= 0.3 is 0 Å². The van der Waals surface area contributed by atoms with Crippen LogP contribution in [0.5, 0.6) is 5.75 Å². The Balaban J connectivity index is 1.23. The number of benzene rings is 3. The van der Waals surface area contributed by atoms with Gasteiger partial charge in [0.05, 0.1) is 0 Å². The molecule has 0 bridgehead atoms. The molecule has 0 spiro atoms. The van der Waals surface area contributed by atoms with Gasteiger partial charge < -0.3 is 19.9 Å². The molecule has 0 aromatic heterocycles. The van der Waals surface area contributed by atoms with Crippen LogP contribution in [0.1, 0.15) is 5.56 Å². The molecule has 1 saturated heterocycles. The SMILES string of the molecule is O=C(COc1ccccc1)Nc1ccc(N2CCN(C(=O)C=Cc3ccccc3)CC2)cc1. The van der Waals surface area contributed by atoms with Crippen molar-refractivity contribution < 1.29 is 14.3 Å². The van der Waals surface area contributed by atoms with Gasteiger partial charge in [0.25, 0.3) is 5.91 Å². The van der Waals surface area contributed by atoms with Gasteiger partial charge in [0.2, 0.25) is 5.91 Å². The Labute approximate surface area is 194 Å². The Morgan fingerprint density at radius 2 is 1.45 bits per heavy atom. The van der Waals surface area contributed by atoms with E-state index in [0.29, 0.717) is 18.8 Å². The third-order valence-electron chi connectivity index (χ3n) is 5.44. The summed E-state index contributed by atoms with van der Waals surface area (Å²) in [5.41, 5.74) is 2.81. The topological polar surface area (TPSA) is 61.9 Å². The van der Waals surface area contributed by atoms with E-state index in [9.17, 15) is 9.59 Å². The molecule has 1 N–H and O–H groups in total. The molecule has 1 aliphatic rings. The van der Waals surface area contributed by atoms with E-state index in [4.69, 9.17) is 4.74 Å². The number of rotatable bonds is 7. The van der Waals surface area contributed by atoms with E-state index in [-0.39, 0.29) is 18.4 Å². The van der Waals surface area contributed by atoms with Crippen LogP contribution in [-0.2, 0) is 9.59 Å². The zero-order valence-corrected chi connectivity index (χ0v) is 18.4. The first-order valence-corrected chi connectivity index (χ1v) is 11.0. The van der Waals surface area contributed by atoms with Crippen LogP contribution < -0.4 is 15.0 Å². The van der Waals surface area contributed by atoms with Gasteiger partial charge in [-0.25, -0.2) is 0 Å².